The van der Waals surface area contributed by atoms with Crippen molar-refractivity contribution in [3.63, 3.8) is 0 Å². The summed E-state index contributed by atoms with van der Waals surface area (Å²) in [6.45, 7) is 1.86. The van der Waals surface area contributed by atoms with Crippen LogP contribution in [0.15, 0.2) is 54.6 Å². The van der Waals surface area contributed by atoms with Gasteiger partial charge in [-0.1, -0.05) is 23.7 Å². The van der Waals surface area contributed by atoms with E-state index in [4.69, 9.17) is 21.1 Å². The Morgan fingerprint density at radius 2 is 1.73 bits per heavy atom. The van der Waals surface area contributed by atoms with E-state index in [9.17, 15) is 4.79 Å². The second-order valence-corrected chi connectivity index (χ2v) is 7.78. The maximum absolute atomic E-state index is 12.8. The van der Waals surface area contributed by atoms with Gasteiger partial charge < -0.3 is 20.1 Å². The highest BCUT2D eigenvalue weighted by Crippen LogP contribution is 2.36. The minimum absolute atomic E-state index is 0.221. The Hall–Kier alpha value is -3.84. The van der Waals surface area contributed by atoms with Gasteiger partial charge in [0.15, 0.2) is 11.5 Å². The number of anilines is 2. The monoisotopic (exact) mass is 462 g/mol. The average molecular weight is 463 g/mol. The summed E-state index contributed by atoms with van der Waals surface area (Å²) in [4.78, 5) is 22.0. The van der Waals surface area contributed by atoms with Gasteiger partial charge in [0.05, 0.1) is 25.4 Å². The first kappa shape index (κ1) is 22.4. The Labute approximate surface area is 196 Å². The van der Waals surface area contributed by atoms with Gasteiger partial charge in [-0.15, -0.1) is 0 Å². The van der Waals surface area contributed by atoms with Gasteiger partial charge in [0, 0.05) is 40.3 Å². The van der Waals surface area contributed by atoms with Gasteiger partial charge in [0.2, 0.25) is 5.95 Å². The number of rotatable bonds is 6. The molecular weight excluding hydrogens is 440 g/mol. The lowest BCUT2D eigenvalue weighted by molar-refractivity contribution is 0.102. The minimum atomic E-state index is -0.221. The van der Waals surface area contributed by atoms with Crippen molar-refractivity contribution in [1.82, 2.24) is 9.97 Å². The third-order valence-corrected chi connectivity index (χ3v) is 5.66. The van der Waals surface area contributed by atoms with Crippen LogP contribution in [0, 0.1) is 6.92 Å². The Morgan fingerprint density at radius 1 is 0.970 bits per heavy atom. The van der Waals surface area contributed by atoms with Crippen molar-refractivity contribution in [1.29, 1.82) is 0 Å². The number of amides is 1. The normalized spacial score (nSPS) is 10.7. The molecule has 168 valence electrons. The van der Waals surface area contributed by atoms with Crippen molar-refractivity contribution in [2.75, 3.05) is 31.9 Å². The van der Waals surface area contributed by atoms with E-state index in [1.165, 1.54) is 0 Å². The molecule has 2 N–H and O–H groups in total. The summed E-state index contributed by atoms with van der Waals surface area (Å²) in [5.74, 6) is 1.41. The number of ether oxygens (including phenoxy) is 2. The first-order valence-electron chi connectivity index (χ1n) is 10.2. The summed E-state index contributed by atoms with van der Waals surface area (Å²) < 4.78 is 10.9. The highest BCUT2D eigenvalue weighted by molar-refractivity contribution is 6.31. The van der Waals surface area contributed by atoms with E-state index in [0.29, 0.717) is 44.9 Å². The molecule has 1 amide bonds. The van der Waals surface area contributed by atoms with Gasteiger partial charge in [-0.05, 0) is 48.9 Å². The van der Waals surface area contributed by atoms with E-state index < -0.39 is 0 Å². The Kier molecular flexibility index (Phi) is 6.33. The number of carbonyl (C=O) groups is 1. The summed E-state index contributed by atoms with van der Waals surface area (Å²) >= 11 is 6.08. The molecule has 0 radical (unpaired) electrons. The SMILES string of the molecule is CNc1nc(-c2cccc(NC(=O)c3ccc(Cl)c(C)c3)c2)c2cc(OC)c(OC)cc2n1. The number of aryl methyl sites for hydroxylation is 1. The summed E-state index contributed by atoms with van der Waals surface area (Å²) in [6, 6.07) is 16.3. The smallest absolute Gasteiger partial charge is 0.255 e. The number of aromatic nitrogens is 2. The van der Waals surface area contributed by atoms with Crippen LogP contribution >= 0.6 is 11.6 Å². The number of methoxy groups -OCH3 is 2. The van der Waals surface area contributed by atoms with Crippen LogP contribution in [0.2, 0.25) is 5.02 Å². The number of hydrogen-bond acceptors (Lipinski definition) is 6. The second kappa shape index (κ2) is 9.34. The van der Waals surface area contributed by atoms with Crippen LogP contribution in [0.25, 0.3) is 22.2 Å². The molecule has 4 aromatic rings. The van der Waals surface area contributed by atoms with Gasteiger partial charge in [0.1, 0.15) is 0 Å². The third-order valence-electron chi connectivity index (χ3n) is 5.24. The van der Waals surface area contributed by atoms with Crippen molar-refractivity contribution < 1.29 is 14.3 Å². The topological polar surface area (TPSA) is 85.4 Å². The Morgan fingerprint density at radius 3 is 2.42 bits per heavy atom. The standard InChI is InChI=1S/C25H23ClN4O3/c1-14-10-16(8-9-19(14)26)24(31)28-17-7-5-6-15(11-17)23-18-12-21(32-3)22(33-4)13-20(18)29-25(27-2)30-23/h5-13H,1-4H3,(H,28,31)(H,27,29,30). The van der Waals surface area contributed by atoms with E-state index in [2.05, 4.69) is 20.6 Å². The minimum Gasteiger partial charge on any atom is -0.493 e. The van der Waals surface area contributed by atoms with Crippen molar-refractivity contribution in [3.05, 3.63) is 70.7 Å². The third kappa shape index (κ3) is 4.54. The predicted molar refractivity (Wildman–Crippen MR) is 132 cm³/mol. The molecule has 0 aliphatic carbocycles. The summed E-state index contributed by atoms with van der Waals surface area (Å²) in [5, 5.41) is 7.36. The number of benzene rings is 3. The molecule has 0 unspecified atom stereocenters. The van der Waals surface area contributed by atoms with Crippen LogP contribution in [0.4, 0.5) is 11.6 Å². The number of hydrogen-bond donors (Lipinski definition) is 2. The maximum atomic E-state index is 12.8. The molecule has 4 rings (SSSR count). The molecule has 0 bridgehead atoms. The molecule has 0 aliphatic heterocycles. The van der Waals surface area contributed by atoms with Crippen LogP contribution in [-0.2, 0) is 0 Å². The molecule has 33 heavy (non-hydrogen) atoms. The van der Waals surface area contributed by atoms with Gasteiger partial charge >= 0.3 is 0 Å². The fraction of sp³-hybridized carbons (Fsp3) is 0.160. The molecule has 0 saturated heterocycles. The Bertz CT molecular complexity index is 1360. The Balaban J connectivity index is 1.76. The molecule has 1 heterocycles. The van der Waals surface area contributed by atoms with Crippen molar-refractivity contribution >= 4 is 40.0 Å². The van der Waals surface area contributed by atoms with Crippen LogP contribution in [0.3, 0.4) is 0 Å². The molecule has 0 spiro atoms. The van der Waals surface area contributed by atoms with E-state index >= 15 is 0 Å². The zero-order valence-electron chi connectivity index (χ0n) is 18.7. The van der Waals surface area contributed by atoms with Gasteiger partial charge in [-0.3, -0.25) is 4.79 Å². The van der Waals surface area contributed by atoms with Gasteiger partial charge in [0.25, 0.3) is 5.91 Å². The van der Waals surface area contributed by atoms with Crippen LogP contribution in [0.1, 0.15) is 15.9 Å². The number of halogens is 1. The molecule has 8 heteroatoms. The van der Waals surface area contributed by atoms with Crippen LogP contribution in [-0.4, -0.2) is 37.1 Å². The average Bonchev–Trinajstić information content (AvgIpc) is 2.84. The fourth-order valence-electron chi connectivity index (χ4n) is 3.52. The first-order chi connectivity index (χ1) is 15.9. The molecule has 0 aliphatic rings. The fourth-order valence-corrected chi connectivity index (χ4v) is 3.64. The lowest BCUT2D eigenvalue weighted by Crippen LogP contribution is -2.12. The van der Waals surface area contributed by atoms with E-state index in [1.807, 2.05) is 43.3 Å². The summed E-state index contributed by atoms with van der Waals surface area (Å²) in [6.07, 6.45) is 0. The van der Waals surface area contributed by atoms with E-state index in [-0.39, 0.29) is 5.91 Å². The highest BCUT2D eigenvalue weighted by atomic mass is 35.5. The lowest BCUT2D eigenvalue weighted by Gasteiger charge is -2.13. The van der Waals surface area contributed by atoms with E-state index in [0.717, 1.165) is 16.5 Å². The zero-order chi connectivity index (χ0) is 23.5. The van der Waals surface area contributed by atoms with Crippen molar-refractivity contribution in [3.8, 4) is 22.8 Å². The number of fused-ring (bicyclic) bond motifs is 1. The van der Waals surface area contributed by atoms with Crippen LogP contribution < -0.4 is 20.1 Å². The summed E-state index contributed by atoms with van der Waals surface area (Å²) in [7, 11) is 4.93. The number of nitrogens with zero attached hydrogens (tertiary/aromatic N) is 2. The first-order valence-corrected chi connectivity index (χ1v) is 10.6. The molecule has 0 fully saturated rings. The summed E-state index contributed by atoms with van der Waals surface area (Å²) in [5.41, 5.74) is 4.23. The largest absolute Gasteiger partial charge is 0.493 e. The molecule has 1 aromatic heterocycles. The quantitative estimate of drug-likeness (QED) is 0.389. The second-order valence-electron chi connectivity index (χ2n) is 7.37. The molecule has 7 nitrogen and oxygen atoms in total. The predicted octanol–water partition coefficient (Wildman–Crippen LogP) is 5.57. The molecular formula is C25H23ClN4O3. The number of nitrogens with one attached hydrogen (secondary N) is 2. The van der Waals surface area contributed by atoms with Crippen LogP contribution in [0.5, 0.6) is 11.5 Å². The lowest BCUT2D eigenvalue weighted by atomic mass is 10.0. The van der Waals surface area contributed by atoms with Gasteiger partial charge in [-0.2, -0.15) is 0 Å². The van der Waals surface area contributed by atoms with Crippen molar-refractivity contribution in [2.45, 2.75) is 6.92 Å². The zero-order valence-corrected chi connectivity index (χ0v) is 19.4. The molecule has 3 aromatic carbocycles. The van der Waals surface area contributed by atoms with Gasteiger partial charge in [-0.25, -0.2) is 9.97 Å². The number of carbonyl (C=O) groups excluding carboxylic acids is 1. The molecule has 0 atom stereocenters. The van der Waals surface area contributed by atoms with E-state index in [1.54, 1.807) is 39.5 Å². The maximum Gasteiger partial charge on any atom is 0.255 e. The molecule has 0 saturated carbocycles. The van der Waals surface area contributed by atoms with Crippen molar-refractivity contribution in [2.24, 2.45) is 0 Å². The highest BCUT2D eigenvalue weighted by Gasteiger charge is 2.15.